The first-order chi connectivity index (χ1) is 56.9. The van der Waals surface area contributed by atoms with Crippen LogP contribution in [0, 0.1) is 27.7 Å². The van der Waals surface area contributed by atoms with Crippen molar-refractivity contribution in [2.24, 2.45) is 17.2 Å². The maximum atomic E-state index is 12.8. The van der Waals surface area contributed by atoms with E-state index in [1.54, 1.807) is 50.2 Å². The van der Waals surface area contributed by atoms with E-state index in [1.165, 1.54) is 59.3 Å². The van der Waals surface area contributed by atoms with Gasteiger partial charge in [0.25, 0.3) is 23.4 Å². The van der Waals surface area contributed by atoms with E-state index in [0.29, 0.717) is 57.8 Å². The molecule has 11 N–H and O–H groups in total. The van der Waals surface area contributed by atoms with Crippen LogP contribution in [0.15, 0.2) is 206 Å². The summed E-state index contributed by atoms with van der Waals surface area (Å²) in [6.45, 7) is 14.0. The standard InChI is InChI=1S/C24H25N3O6.C22H24N2O4.C21H21N3O5.C16H15NO.C6H10BrNO3/c1-14-20(22(29)23(25)30)21-17(27(14)13-16-8-5-4-6-9-16)10-7-11-18(21)33-19(24(31)32-3)12-26-15(2)28;1-15-12-18-19(24(15)14-17-8-5-4-6-9-17)10-7-11-20(18)28-21(22(26)27-3)13-23-16(2)25;1-12-17(19(25)20(23)26)18-14(24(12)11-13-6-3-2-4-7-13)8-5-9-15(18)29-16(10-22)21(27)28;1-12-10-14-15(8-5-9-16(14)18)17(12)11-13-6-3-2-4-7-13;1-4(9)8-3-5(7)6(10)11-2/h4-11,19H,12-13H2,1-3H3,(H2,25,30)(H,26,28);4-12,21H,13-14H2,1-3H3,(H,23,25);2-9,16H,10-11,22H2,1H3,(H2,23,26)(H,27,28);2-10,18H,11H2,1H3;5H,3H2,1-2H3,(H,8,9). The molecule has 0 saturated carbocycles. The van der Waals surface area contributed by atoms with Crippen LogP contribution in [0.2, 0.25) is 0 Å². The zero-order valence-corrected chi connectivity index (χ0v) is 68.9. The Hall–Kier alpha value is -13.9. The molecular formula is C89H95BrN10O19. The molecule has 4 atom stereocenters. The molecule has 5 amide bonds. The van der Waals surface area contributed by atoms with Gasteiger partial charge in [0.2, 0.25) is 36.0 Å². The number of amides is 5. The second kappa shape index (κ2) is 43.2. The van der Waals surface area contributed by atoms with Crippen LogP contribution in [-0.4, -0.2) is 164 Å². The van der Waals surface area contributed by atoms with Crippen molar-refractivity contribution in [2.75, 3.05) is 47.5 Å². The van der Waals surface area contributed by atoms with E-state index in [2.05, 4.69) is 76.9 Å². The first-order valence-corrected chi connectivity index (χ1v) is 38.3. The molecule has 0 spiro atoms. The van der Waals surface area contributed by atoms with Crippen molar-refractivity contribution in [3.63, 3.8) is 0 Å². The Labute approximate surface area is 694 Å². The quantitative estimate of drug-likeness (QED) is 0.00710. The van der Waals surface area contributed by atoms with Crippen LogP contribution in [-0.2, 0) is 83.5 Å². The SMILES string of the molecule is COC(=O)C(Br)CNC(C)=O.COC(=O)C(CNC(C)=O)Oc1cccc2c1c(C(=O)C(N)=O)c(C)n2Cc1ccccc1.COC(=O)C(CNC(C)=O)Oc1cccc2c1cc(C)n2Cc1ccccc1.Cc1c(C(=O)C(N)=O)c2c(OC(CN)C(=O)O)cccc2n1Cc1ccccc1.Cc1cc2c(O)cccc2n1Cc1ccccc1. The third kappa shape index (κ3) is 23.9. The monoisotopic (exact) mass is 1690 g/mol. The van der Waals surface area contributed by atoms with Gasteiger partial charge in [-0.3, -0.25) is 38.4 Å². The number of carbonyl (C=O) groups excluding carboxylic acids is 10. The van der Waals surface area contributed by atoms with E-state index >= 15 is 0 Å². The van der Waals surface area contributed by atoms with Gasteiger partial charge in [0.1, 0.15) is 27.8 Å². The van der Waals surface area contributed by atoms with Crippen molar-refractivity contribution in [3.05, 3.63) is 262 Å². The molecule has 4 unspecified atom stereocenters. The number of alkyl halides is 1. The molecule has 0 aliphatic carbocycles. The van der Waals surface area contributed by atoms with Crippen LogP contribution in [0.5, 0.6) is 23.0 Å². The average Bonchev–Trinajstić information content (AvgIpc) is 1.61. The molecule has 0 aliphatic rings. The summed E-state index contributed by atoms with van der Waals surface area (Å²) in [5.74, 6) is -6.28. The van der Waals surface area contributed by atoms with E-state index in [9.17, 15) is 63.0 Å². The highest BCUT2D eigenvalue weighted by Crippen LogP contribution is 2.38. The van der Waals surface area contributed by atoms with E-state index in [-0.39, 0.29) is 66.5 Å². The van der Waals surface area contributed by atoms with Crippen molar-refractivity contribution < 1.29 is 91.4 Å². The number of aromatic hydroxyl groups is 1. The number of primary amides is 2. The fraction of sp³-hybridized carbons (Fsp3) is 0.247. The van der Waals surface area contributed by atoms with Gasteiger partial charge < -0.3 is 90.1 Å². The minimum atomic E-state index is -1.30. The van der Waals surface area contributed by atoms with Crippen molar-refractivity contribution in [2.45, 2.75) is 97.8 Å². The molecule has 0 saturated heterocycles. The van der Waals surface area contributed by atoms with Crippen LogP contribution in [0.1, 0.15) is 86.5 Å². The van der Waals surface area contributed by atoms with Gasteiger partial charge in [0.15, 0.2) is 0 Å². The maximum Gasteiger partial charge on any atom is 0.348 e. The Morgan fingerprint density at radius 1 is 0.403 bits per heavy atom. The number of methoxy groups -OCH3 is 3. The molecule has 0 aliphatic heterocycles. The summed E-state index contributed by atoms with van der Waals surface area (Å²) in [6, 6.07) is 65.3. The number of aliphatic carboxylic acids is 1. The number of fused-ring (bicyclic) bond motifs is 4. The second-order valence-electron chi connectivity index (χ2n) is 27.1. The summed E-state index contributed by atoms with van der Waals surface area (Å²) < 4.78 is 39.6. The number of Topliss-reactive ketones (excluding diaryl/α,β-unsaturated/α-hetero) is 2. The van der Waals surface area contributed by atoms with Gasteiger partial charge in [-0.2, -0.15) is 0 Å². The third-order valence-electron chi connectivity index (χ3n) is 18.8. The number of esters is 3. The number of aryl methyl sites for hydroxylation is 2. The largest absolute Gasteiger partial charge is 0.507 e. The zero-order chi connectivity index (χ0) is 86.7. The number of nitrogens with two attached hydrogens (primary N) is 3. The Morgan fingerprint density at radius 3 is 1.08 bits per heavy atom. The van der Waals surface area contributed by atoms with E-state index < -0.39 is 70.4 Å². The Balaban J connectivity index is 0.000000192. The number of carbonyl (C=O) groups is 11. The summed E-state index contributed by atoms with van der Waals surface area (Å²) in [4.78, 5) is 128. The number of ketones is 2. The molecule has 30 heteroatoms. The number of halogens is 1. The van der Waals surface area contributed by atoms with Crippen molar-refractivity contribution in [1.82, 2.24) is 34.2 Å². The number of carboxylic acids is 1. The lowest BCUT2D eigenvalue weighted by Crippen LogP contribution is -2.40. The highest BCUT2D eigenvalue weighted by Gasteiger charge is 2.32. The fourth-order valence-electron chi connectivity index (χ4n) is 13.0. The van der Waals surface area contributed by atoms with Gasteiger partial charge in [-0.05, 0) is 111 Å². The highest BCUT2D eigenvalue weighted by atomic mass is 79.9. The minimum absolute atomic E-state index is 0.0438. The number of nitrogens with zero attached hydrogens (tertiary/aromatic N) is 4. The number of carboxylic acid groups (broad SMARTS) is 1. The van der Waals surface area contributed by atoms with Crippen LogP contribution in [0.3, 0.4) is 0 Å². The number of hydrogen-bond donors (Lipinski definition) is 8. The van der Waals surface area contributed by atoms with Crippen LogP contribution >= 0.6 is 15.9 Å². The number of phenols is 1. The van der Waals surface area contributed by atoms with Crippen molar-refractivity contribution in [3.8, 4) is 23.0 Å². The smallest absolute Gasteiger partial charge is 0.348 e. The lowest BCUT2D eigenvalue weighted by Gasteiger charge is -2.18. The van der Waals surface area contributed by atoms with Gasteiger partial charge >= 0.3 is 23.9 Å². The van der Waals surface area contributed by atoms with Gasteiger partial charge in [0, 0.05) is 93.6 Å². The number of ether oxygens (including phenoxy) is 6. The predicted molar refractivity (Wildman–Crippen MR) is 452 cm³/mol. The van der Waals surface area contributed by atoms with Crippen LogP contribution in [0.25, 0.3) is 43.6 Å². The predicted octanol–water partition coefficient (Wildman–Crippen LogP) is 10.00. The summed E-state index contributed by atoms with van der Waals surface area (Å²) in [5, 5.41) is 29.3. The van der Waals surface area contributed by atoms with Crippen molar-refractivity contribution in [1.29, 1.82) is 0 Å². The molecular weight excluding hydrogens is 1590 g/mol. The number of benzene rings is 8. The molecule has 622 valence electrons. The van der Waals surface area contributed by atoms with Crippen molar-refractivity contribution >= 4 is 125 Å². The lowest BCUT2D eigenvalue weighted by molar-refractivity contribution is -0.149. The number of phenolic OH excluding ortho intramolecular Hbond substituents is 1. The molecule has 12 rings (SSSR count). The Bertz CT molecular complexity index is 5630. The molecule has 0 fully saturated rings. The molecule has 8 aromatic carbocycles. The molecule has 12 aromatic rings. The lowest BCUT2D eigenvalue weighted by atomic mass is 10.1. The molecule has 29 nitrogen and oxygen atoms in total. The molecule has 4 aromatic heterocycles. The first-order valence-electron chi connectivity index (χ1n) is 37.4. The van der Waals surface area contributed by atoms with Gasteiger partial charge in [-0.15, -0.1) is 0 Å². The summed E-state index contributed by atoms with van der Waals surface area (Å²) in [7, 11) is 3.80. The highest BCUT2D eigenvalue weighted by molar-refractivity contribution is 9.10. The molecule has 119 heavy (non-hydrogen) atoms. The Morgan fingerprint density at radius 2 is 0.723 bits per heavy atom. The van der Waals surface area contributed by atoms with Gasteiger partial charge in [-0.1, -0.05) is 162 Å². The van der Waals surface area contributed by atoms with E-state index in [4.69, 9.17) is 40.9 Å². The third-order valence-corrected chi connectivity index (χ3v) is 19.5. The molecule has 0 bridgehead atoms. The first kappa shape index (κ1) is 90.7. The van der Waals surface area contributed by atoms with E-state index in [1.807, 2.05) is 156 Å². The summed E-state index contributed by atoms with van der Waals surface area (Å²) in [5.41, 5.74) is 27.4. The van der Waals surface area contributed by atoms with Gasteiger partial charge in [-0.25, -0.2) is 14.4 Å². The number of aromatic nitrogens is 4. The topological polar surface area (TPSA) is 417 Å². The summed E-state index contributed by atoms with van der Waals surface area (Å²) in [6.07, 6.45) is -3.38. The minimum Gasteiger partial charge on any atom is -0.507 e. The average molecular weight is 1690 g/mol. The van der Waals surface area contributed by atoms with Crippen LogP contribution in [0.4, 0.5) is 0 Å². The normalized spacial score (nSPS) is 11.7. The number of nitrogens with one attached hydrogen (secondary N) is 3. The number of hydrogen-bond acceptors (Lipinski definition) is 19. The fourth-order valence-corrected chi connectivity index (χ4v) is 13.3. The zero-order valence-electron chi connectivity index (χ0n) is 67.3. The second-order valence-corrected chi connectivity index (χ2v) is 28.2. The Kier molecular flexibility index (Phi) is 32.9. The summed E-state index contributed by atoms with van der Waals surface area (Å²) >= 11 is 3.04. The number of rotatable bonds is 29. The molecule has 0 radical (unpaired) electrons. The maximum absolute atomic E-state index is 12.8. The molecule has 4 heterocycles. The van der Waals surface area contributed by atoms with E-state index in [0.717, 1.165) is 57.4 Å². The van der Waals surface area contributed by atoms with Crippen LogP contribution < -0.4 is 47.4 Å². The van der Waals surface area contributed by atoms with Gasteiger partial charge in [0.05, 0.1) is 78.4 Å².